The van der Waals surface area contributed by atoms with Crippen molar-refractivity contribution >= 4 is 28.8 Å². The van der Waals surface area contributed by atoms with Crippen molar-refractivity contribution in [1.29, 1.82) is 0 Å². The molecular formula is C19H12N2O. The molecule has 104 valence electrons. The first-order valence-electron chi connectivity index (χ1n) is 7.27. The van der Waals surface area contributed by atoms with Crippen molar-refractivity contribution in [2.75, 3.05) is 0 Å². The summed E-state index contributed by atoms with van der Waals surface area (Å²) < 4.78 is 6.20. The minimum atomic E-state index is -0.806. The first kappa shape index (κ1) is 11.7. The minimum absolute atomic E-state index is 0.772. The molecule has 1 atom stereocenters. The lowest BCUT2D eigenvalue weighted by molar-refractivity contribution is 0.219. The Labute approximate surface area is 126 Å². The van der Waals surface area contributed by atoms with Crippen LogP contribution in [0.1, 0.15) is 0 Å². The molecule has 2 heterocycles. The highest BCUT2D eigenvalue weighted by atomic mass is 16.5. The Morgan fingerprint density at radius 3 is 2.68 bits per heavy atom. The molecule has 2 aliphatic rings. The van der Waals surface area contributed by atoms with Gasteiger partial charge in [0.2, 0.25) is 0 Å². The van der Waals surface area contributed by atoms with Gasteiger partial charge in [0.1, 0.15) is 11.4 Å². The average molecular weight is 284 g/mol. The molecule has 0 amide bonds. The van der Waals surface area contributed by atoms with Crippen LogP contribution in [-0.4, -0.2) is 11.9 Å². The molecule has 0 saturated carbocycles. The fourth-order valence-electron chi connectivity index (χ4n) is 3.08. The van der Waals surface area contributed by atoms with Gasteiger partial charge in [-0.3, -0.25) is 0 Å². The molecule has 0 fully saturated rings. The summed E-state index contributed by atoms with van der Waals surface area (Å²) in [5, 5.41) is 4.28. The van der Waals surface area contributed by atoms with Gasteiger partial charge >= 0.3 is 0 Å². The Balaban J connectivity index is 1.71. The maximum Gasteiger partial charge on any atom is 0.257 e. The van der Waals surface area contributed by atoms with Crippen LogP contribution >= 0.6 is 0 Å². The maximum absolute atomic E-state index is 6.20. The summed E-state index contributed by atoms with van der Waals surface area (Å²) in [6.45, 7) is 0. The molecule has 1 spiro atoms. The minimum Gasteiger partial charge on any atom is -0.455 e. The number of para-hydroxylation sites is 1. The van der Waals surface area contributed by atoms with Crippen LogP contribution in [0.4, 0.5) is 5.69 Å². The topological polar surface area (TPSA) is 34.0 Å². The van der Waals surface area contributed by atoms with E-state index in [-0.39, 0.29) is 0 Å². The molecule has 5 rings (SSSR count). The van der Waals surface area contributed by atoms with E-state index in [9.17, 15) is 0 Å². The van der Waals surface area contributed by atoms with E-state index in [4.69, 9.17) is 9.73 Å². The molecule has 3 aromatic carbocycles. The van der Waals surface area contributed by atoms with Crippen molar-refractivity contribution in [3.05, 3.63) is 71.2 Å². The van der Waals surface area contributed by atoms with Crippen LogP contribution in [0.25, 0.3) is 16.8 Å². The molecule has 0 radical (unpaired) electrons. The van der Waals surface area contributed by atoms with Gasteiger partial charge in [-0.25, -0.2) is 9.98 Å². The molecule has 3 nitrogen and oxygen atoms in total. The highest BCUT2D eigenvalue weighted by molar-refractivity contribution is 5.99. The summed E-state index contributed by atoms with van der Waals surface area (Å²) in [4.78, 5) is 9.36. The van der Waals surface area contributed by atoms with Crippen LogP contribution in [0.3, 0.4) is 0 Å². The van der Waals surface area contributed by atoms with Crippen molar-refractivity contribution < 1.29 is 4.74 Å². The SMILES string of the molecule is C1=Nc2c(ccc3ccccc23)OC12C=c1ccccc1=N2. The van der Waals surface area contributed by atoms with E-state index in [2.05, 4.69) is 23.2 Å². The second kappa shape index (κ2) is 4.04. The number of ether oxygens (including phenoxy) is 1. The fourth-order valence-corrected chi connectivity index (χ4v) is 3.08. The summed E-state index contributed by atoms with van der Waals surface area (Å²) in [7, 11) is 0. The first-order chi connectivity index (χ1) is 10.8. The van der Waals surface area contributed by atoms with E-state index in [1.54, 1.807) is 6.21 Å². The van der Waals surface area contributed by atoms with E-state index in [1.807, 2.05) is 48.5 Å². The zero-order valence-electron chi connectivity index (χ0n) is 11.7. The molecular weight excluding hydrogens is 272 g/mol. The van der Waals surface area contributed by atoms with Crippen molar-refractivity contribution in [1.82, 2.24) is 0 Å². The number of aliphatic imine (C=N–C) groups is 1. The second-order valence-electron chi connectivity index (χ2n) is 5.56. The highest BCUT2D eigenvalue weighted by Crippen LogP contribution is 2.40. The normalized spacial score (nSPS) is 20.9. The summed E-state index contributed by atoms with van der Waals surface area (Å²) >= 11 is 0. The molecule has 1 unspecified atom stereocenters. The first-order valence-corrected chi connectivity index (χ1v) is 7.27. The van der Waals surface area contributed by atoms with E-state index in [0.29, 0.717) is 0 Å². The van der Waals surface area contributed by atoms with Gasteiger partial charge < -0.3 is 4.74 Å². The average Bonchev–Trinajstić information content (AvgIpc) is 2.91. The molecule has 0 bridgehead atoms. The third-order valence-corrected chi connectivity index (χ3v) is 4.11. The quantitative estimate of drug-likeness (QED) is 0.625. The third-order valence-electron chi connectivity index (χ3n) is 4.11. The Bertz CT molecular complexity index is 1030. The summed E-state index contributed by atoms with van der Waals surface area (Å²) in [5.41, 5.74) is 0.0716. The van der Waals surface area contributed by atoms with Crippen LogP contribution in [-0.2, 0) is 0 Å². The van der Waals surface area contributed by atoms with Crippen molar-refractivity contribution in [3.8, 4) is 5.75 Å². The summed E-state index contributed by atoms with van der Waals surface area (Å²) in [6, 6.07) is 20.3. The molecule has 0 aromatic heterocycles. The van der Waals surface area contributed by atoms with E-state index < -0.39 is 5.72 Å². The second-order valence-corrected chi connectivity index (χ2v) is 5.56. The Hall–Kier alpha value is -2.94. The van der Waals surface area contributed by atoms with Gasteiger partial charge in [0, 0.05) is 10.6 Å². The molecule has 0 saturated heterocycles. The molecule has 22 heavy (non-hydrogen) atoms. The van der Waals surface area contributed by atoms with E-state index >= 15 is 0 Å². The van der Waals surface area contributed by atoms with Crippen LogP contribution in [0, 0.1) is 0 Å². The lowest BCUT2D eigenvalue weighted by atomic mass is 10.1. The molecule has 3 heteroatoms. The van der Waals surface area contributed by atoms with Gasteiger partial charge in [-0.15, -0.1) is 0 Å². The number of nitrogens with zero attached hydrogens (tertiary/aromatic N) is 2. The van der Waals surface area contributed by atoms with Gasteiger partial charge in [-0.1, -0.05) is 48.5 Å². The lowest BCUT2D eigenvalue weighted by Crippen LogP contribution is -2.34. The van der Waals surface area contributed by atoms with Crippen molar-refractivity contribution in [2.45, 2.75) is 5.72 Å². The van der Waals surface area contributed by atoms with Crippen LogP contribution in [0.15, 0.2) is 70.6 Å². The van der Waals surface area contributed by atoms with Gasteiger partial charge in [0.15, 0.2) is 0 Å². The zero-order valence-corrected chi connectivity index (χ0v) is 11.7. The summed E-state index contributed by atoms with van der Waals surface area (Å²) in [6.07, 6.45) is 3.81. The number of hydrogen-bond donors (Lipinski definition) is 0. The van der Waals surface area contributed by atoms with Crippen molar-refractivity contribution in [3.63, 3.8) is 0 Å². The Kier molecular flexibility index (Phi) is 2.15. The van der Waals surface area contributed by atoms with Crippen LogP contribution in [0.5, 0.6) is 5.75 Å². The molecule has 3 aromatic rings. The molecule has 0 aliphatic carbocycles. The maximum atomic E-state index is 6.20. The predicted molar refractivity (Wildman–Crippen MR) is 87.1 cm³/mol. The number of fused-ring (bicyclic) bond motifs is 4. The third kappa shape index (κ3) is 1.56. The fraction of sp³-hybridized carbons (Fsp3) is 0.0526. The smallest absolute Gasteiger partial charge is 0.257 e. The highest BCUT2D eigenvalue weighted by Gasteiger charge is 2.33. The lowest BCUT2D eigenvalue weighted by Gasteiger charge is -2.26. The summed E-state index contributed by atoms with van der Waals surface area (Å²) in [5.74, 6) is 0.772. The zero-order chi connectivity index (χ0) is 14.6. The number of hydrogen-bond acceptors (Lipinski definition) is 3. The Morgan fingerprint density at radius 1 is 0.864 bits per heavy atom. The van der Waals surface area contributed by atoms with Gasteiger partial charge in [0.25, 0.3) is 5.72 Å². The van der Waals surface area contributed by atoms with Gasteiger partial charge in [-0.05, 0) is 23.6 Å². The standard InChI is InChI=1S/C19H12N2O/c1-3-7-15-13(5-1)9-10-17-18(15)20-12-19(22-17)11-14-6-2-4-8-16(14)21-19/h1-12H. The van der Waals surface area contributed by atoms with Gasteiger partial charge in [-0.2, -0.15) is 0 Å². The van der Waals surface area contributed by atoms with Crippen molar-refractivity contribution in [2.24, 2.45) is 9.98 Å². The molecule has 2 aliphatic heterocycles. The van der Waals surface area contributed by atoms with Crippen LogP contribution in [0.2, 0.25) is 0 Å². The predicted octanol–water partition coefficient (Wildman–Crippen LogP) is 2.74. The monoisotopic (exact) mass is 284 g/mol. The van der Waals surface area contributed by atoms with Gasteiger partial charge in [0.05, 0.1) is 11.6 Å². The number of rotatable bonds is 0. The number of benzene rings is 3. The van der Waals surface area contributed by atoms with E-state index in [1.165, 1.54) is 0 Å². The molecule has 0 N–H and O–H groups in total. The van der Waals surface area contributed by atoms with E-state index in [0.717, 1.165) is 32.8 Å². The Morgan fingerprint density at radius 2 is 1.73 bits per heavy atom. The van der Waals surface area contributed by atoms with Crippen LogP contribution < -0.4 is 15.3 Å². The largest absolute Gasteiger partial charge is 0.455 e.